The van der Waals surface area contributed by atoms with Gasteiger partial charge in [-0.05, 0) is 56.3 Å². The second-order valence-electron chi connectivity index (χ2n) is 9.22. The molecule has 3 N–H and O–H groups in total. The van der Waals surface area contributed by atoms with Gasteiger partial charge in [0.15, 0.2) is 0 Å². The molecular weight excluding hydrogens is 456 g/mol. The van der Waals surface area contributed by atoms with E-state index in [1.807, 2.05) is 30.4 Å². The number of benzene rings is 1. The van der Waals surface area contributed by atoms with E-state index in [1.54, 1.807) is 35.2 Å². The predicted molar refractivity (Wildman–Crippen MR) is 138 cm³/mol. The number of H-pyrrole nitrogens is 2. The van der Waals surface area contributed by atoms with Gasteiger partial charge in [0.25, 0.3) is 11.1 Å². The predicted octanol–water partition coefficient (Wildman–Crippen LogP) is 2.99. The number of nitrogens with one attached hydrogen (secondary N) is 2. The van der Waals surface area contributed by atoms with Crippen molar-refractivity contribution in [2.45, 2.75) is 25.3 Å². The maximum Gasteiger partial charge on any atom is 0.274 e. The Morgan fingerprint density at radius 1 is 1.08 bits per heavy atom. The van der Waals surface area contributed by atoms with Crippen LogP contribution >= 0.6 is 0 Å². The highest BCUT2D eigenvalue weighted by molar-refractivity contribution is 5.86. The summed E-state index contributed by atoms with van der Waals surface area (Å²) >= 11 is 0. The lowest BCUT2D eigenvalue weighted by atomic mass is 9.98. The van der Waals surface area contributed by atoms with Gasteiger partial charge in [-0.2, -0.15) is 0 Å². The van der Waals surface area contributed by atoms with Gasteiger partial charge in [-0.25, -0.2) is 4.98 Å². The summed E-state index contributed by atoms with van der Waals surface area (Å²) in [6, 6.07) is 8.84. The molecule has 3 aromatic heterocycles. The molecule has 1 aromatic carbocycles. The molecule has 4 aromatic rings. The second-order valence-corrected chi connectivity index (χ2v) is 9.22. The molecule has 0 radical (unpaired) electrons. The third kappa shape index (κ3) is 3.97. The number of allylic oxidation sites excluding steroid dienone is 3. The van der Waals surface area contributed by atoms with Crippen LogP contribution in [-0.4, -0.2) is 54.4 Å². The van der Waals surface area contributed by atoms with Crippen LogP contribution in [0.3, 0.4) is 0 Å². The third-order valence-corrected chi connectivity index (χ3v) is 6.91. The lowest BCUT2D eigenvalue weighted by molar-refractivity contribution is 0.313. The van der Waals surface area contributed by atoms with Crippen molar-refractivity contribution in [3.63, 3.8) is 0 Å². The molecule has 182 valence electrons. The number of aromatic hydroxyl groups is 1. The van der Waals surface area contributed by atoms with Gasteiger partial charge in [-0.15, -0.1) is 0 Å². The summed E-state index contributed by atoms with van der Waals surface area (Å²) in [6.45, 7) is 3.46. The highest BCUT2D eigenvalue weighted by Gasteiger charge is 2.26. The molecular formula is C27H26N6O3. The van der Waals surface area contributed by atoms with E-state index in [0.717, 1.165) is 19.6 Å². The first kappa shape index (κ1) is 22.2. The zero-order valence-corrected chi connectivity index (χ0v) is 19.6. The molecule has 36 heavy (non-hydrogen) atoms. The van der Waals surface area contributed by atoms with Crippen LogP contribution in [0.1, 0.15) is 35.7 Å². The monoisotopic (exact) mass is 482 g/mol. The first-order valence-corrected chi connectivity index (χ1v) is 12.2. The Labute approximate surface area is 206 Å². The standard InChI is InChI=1S/C27H26N6O3/c34-22-16-17(20-9-3-4-10-28-20)15-21-25(22)30-24(26(35)29-21)18-7-1-2-8-19-23(18)31-33(27(19)36)14-13-32-11-5-6-12-32/h1-4,7-10,15-16,18,31,34H,5-6,11-14H2,(H,29,35). The van der Waals surface area contributed by atoms with Gasteiger partial charge in [0, 0.05) is 18.3 Å². The normalized spacial score (nSPS) is 17.5. The lowest BCUT2D eigenvalue weighted by Gasteiger charge is -2.15. The fourth-order valence-electron chi connectivity index (χ4n) is 5.05. The average molecular weight is 483 g/mol. The summed E-state index contributed by atoms with van der Waals surface area (Å²) in [6.07, 6.45) is 11.3. The molecule has 1 unspecified atom stereocenters. The molecule has 0 spiro atoms. The first-order chi connectivity index (χ1) is 17.6. The number of likely N-dealkylation sites (tertiary alicyclic amines) is 1. The van der Waals surface area contributed by atoms with Crippen LogP contribution in [0.25, 0.3) is 28.4 Å². The number of phenols is 1. The zero-order valence-electron chi connectivity index (χ0n) is 19.6. The molecule has 1 saturated heterocycles. The molecule has 1 aliphatic carbocycles. The van der Waals surface area contributed by atoms with E-state index in [9.17, 15) is 14.7 Å². The molecule has 1 aliphatic heterocycles. The molecule has 1 fully saturated rings. The Hall–Kier alpha value is -4.24. The Bertz CT molecular complexity index is 1610. The van der Waals surface area contributed by atoms with Crippen molar-refractivity contribution >= 4 is 17.1 Å². The second kappa shape index (κ2) is 9.09. The minimum absolute atomic E-state index is 0.0571. The van der Waals surface area contributed by atoms with Gasteiger partial charge in [-0.1, -0.05) is 24.3 Å². The summed E-state index contributed by atoms with van der Waals surface area (Å²) in [5.74, 6) is -0.628. The van der Waals surface area contributed by atoms with Gasteiger partial charge in [0.1, 0.15) is 17.0 Å². The Morgan fingerprint density at radius 2 is 1.94 bits per heavy atom. The van der Waals surface area contributed by atoms with E-state index in [4.69, 9.17) is 0 Å². The smallest absolute Gasteiger partial charge is 0.274 e. The van der Waals surface area contributed by atoms with Crippen molar-refractivity contribution < 1.29 is 5.11 Å². The number of rotatable bonds is 5. The van der Waals surface area contributed by atoms with Gasteiger partial charge >= 0.3 is 0 Å². The van der Waals surface area contributed by atoms with Crippen LogP contribution in [0.4, 0.5) is 0 Å². The molecule has 6 rings (SSSR count). The van der Waals surface area contributed by atoms with Gasteiger partial charge in [0.05, 0.1) is 34.9 Å². The van der Waals surface area contributed by atoms with Crippen molar-refractivity contribution in [2.75, 3.05) is 19.6 Å². The van der Waals surface area contributed by atoms with Crippen LogP contribution in [0, 0.1) is 0 Å². The molecule has 0 saturated carbocycles. The van der Waals surface area contributed by atoms with Crippen LogP contribution in [0.2, 0.25) is 0 Å². The fourth-order valence-corrected chi connectivity index (χ4v) is 5.05. The van der Waals surface area contributed by atoms with Crippen molar-refractivity contribution in [3.05, 3.63) is 92.4 Å². The summed E-state index contributed by atoms with van der Waals surface area (Å²) in [5.41, 5.74) is 2.89. The van der Waals surface area contributed by atoms with Crippen molar-refractivity contribution in [2.24, 2.45) is 0 Å². The van der Waals surface area contributed by atoms with Crippen molar-refractivity contribution in [1.82, 2.24) is 29.6 Å². The molecule has 0 bridgehead atoms. The van der Waals surface area contributed by atoms with E-state index >= 15 is 0 Å². The van der Waals surface area contributed by atoms with Gasteiger partial charge < -0.3 is 15.0 Å². The van der Waals surface area contributed by atoms with Gasteiger partial charge in [0.2, 0.25) is 0 Å². The minimum Gasteiger partial charge on any atom is -0.506 e. The van der Waals surface area contributed by atoms with Crippen LogP contribution in [-0.2, 0) is 6.54 Å². The average Bonchev–Trinajstić information content (AvgIpc) is 3.45. The number of hydrogen-bond acceptors (Lipinski definition) is 6. The summed E-state index contributed by atoms with van der Waals surface area (Å²) in [5, 5.41) is 14.0. The molecule has 2 aliphatic rings. The Balaban J connectivity index is 1.40. The Morgan fingerprint density at radius 3 is 2.75 bits per heavy atom. The minimum atomic E-state index is -0.571. The topological polar surface area (TPSA) is 120 Å². The van der Waals surface area contributed by atoms with E-state index in [-0.39, 0.29) is 28.1 Å². The largest absolute Gasteiger partial charge is 0.506 e. The van der Waals surface area contributed by atoms with Crippen LogP contribution < -0.4 is 11.1 Å². The van der Waals surface area contributed by atoms with Crippen molar-refractivity contribution in [1.29, 1.82) is 0 Å². The lowest BCUT2D eigenvalue weighted by Crippen LogP contribution is -2.28. The van der Waals surface area contributed by atoms with E-state index < -0.39 is 5.92 Å². The summed E-state index contributed by atoms with van der Waals surface area (Å²) in [7, 11) is 0. The van der Waals surface area contributed by atoms with Gasteiger partial charge in [-0.3, -0.25) is 24.4 Å². The maximum atomic E-state index is 13.2. The fraction of sp³-hybridized carbons (Fsp3) is 0.259. The number of aromatic amines is 2. The van der Waals surface area contributed by atoms with E-state index in [0.29, 0.717) is 34.6 Å². The quantitative estimate of drug-likeness (QED) is 0.402. The number of hydrogen-bond donors (Lipinski definition) is 3. The number of aromatic nitrogens is 5. The number of pyridine rings is 1. The number of nitrogens with zero attached hydrogens (tertiary/aromatic N) is 4. The summed E-state index contributed by atoms with van der Waals surface area (Å²) < 4.78 is 1.62. The summed E-state index contributed by atoms with van der Waals surface area (Å²) in [4.78, 5) is 40.5. The van der Waals surface area contributed by atoms with Crippen LogP contribution in [0.15, 0.2) is 64.3 Å². The highest BCUT2D eigenvalue weighted by Crippen LogP contribution is 2.31. The van der Waals surface area contributed by atoms with Crippen LogP contribution in [0.5, 0.6) is 5.75 Å². The molecule has 9 nitrogen and oxygen atoms in total. The van der Waals surface area contributed by atoms with E-state index in [2.05, 4.69) is 25.0 Å². The third-order valence-electron chi connectivity index (χ3n) is 6.91. The van der Waals surface area contributed by atoms with Crippen molar-refractivity contribution in [3.8, 4) is 17.0 Å². The zero-order chi connectivity index (χ0) is 24.6. The number of phenolic OH excluding ortho intramolecular Hbond substituents is 1. The maximum absolute atomic E-state index is 13.2. The highest BCUT2D eigenvalue weighted by atomic mass is 16.3. The number of fused-ring (bicyclic) bond motifs is 2. The first-order valence-electron chi connectivity index (χ1n) is 12.2. The Kier molecular flexibility index (Phi) is 5.61. The molecule has 4 heterocycles. The SMILES string of the molecule is O=c1[nH]c2cc(-c3ccccn3)cc(O)c2nc1C1C=CC=Cc2c1[nH]n(CCN1CCCC1)c2=O. The molecule has 1 atom stereocenters. The van der Waals surface area contributed by atoms with E-state index in [1.165, 1.54) is 12.8 Å². The molecule has 9 heteroatoms. The molecule has 0 amide bonds.